The third-order valence-electron chi connectivity index (χ3n) is 4.42. The fraction of sp³-hybridized carbons (Fsp3) is 0.0870. The highest BCUT2D eigenvalue weighted by atomic mass is 127. The van der Waals surface area contributed by atoms with Gasteiger partial charge in [0.25, 0.3) is 10.0 Å². The molecule has 6 nitrogen and oxygen atoms in total. The fourth-order valence-corrected chi connectivity index (χ4v) is 4.52. The molecule has 0 atom stereocenters. The van der Waals surface area contributed by atoms with E-state index in [9.17, 15) is 13.2 Å². The van der Waals surface area contributed by atoms with Crippen molar-refractivity contribution in [2.45, 2.75) is 11.8 Å². The number of sulfonamides is 1. The van der Waals surface area contributed by atoms with E-state index >= 15 is 0 Å². The van der Waals surface area contributed by atoms with E-state index in [4.69, 9.17) is 4.74 Å². The maximum absolute atomic E-state index is 12.7. The zero-order valence-electron chi connectivity index (χ0n) is 16.9. The molecule has 3 rings (SSSR count). The first-order chi connectivity index (χ1) is 14.8. The number of hydrogen-bond acceptors (Lipinski definition) is 4. The van der Waals surface area contributed by atoms with E-state index < -0.39 is 10.0 Å². The van der Waals surface area contributed by atoms with Crippen LogP contribution in [0.25, 0.3) is 6.08 Å². The van der Waals surface area contributed by atoms with Gasteiger partial charge in [0.2, 0.25) is 5.91 Å². The monoisotopic (exact) mass is 548 g/mol. The second-order valence-electron chi connectivity index (χ2n) is 6.66. The maximum Gasteiger partial charge on any atom is 0.262 e. The van der Waals surface area contributed by atoms with Gasteiger partial charge in [-0.2, -0.15) is 0 Å². The molecule has 0 aromatic heterocycles. The smallest absolute Gasteiger partial charge is 0.262 e. The van der Waals surface area contributed by atoms with Gasteiger partial charge in [-0.15, -0.1) is 0 Å². The van der Waals surface area contributed by atoms with Gasteiger partial charge in [0, 0.05) is 15.3 Å². The van der Waals surface area contributed by atoms with E-state index in [1.807, 2.05) is 25.1 Å². The molecule has 0 saturated heterocycles. The molecule has 3 aromatic rings. The van der Waals surface area contributed by atoms with E-state index in [-0.39, 0.29) is 10.8 Å². The standard InChI is InChI=1S/C23H21IN2O4S/c1-16-15-18(24)10-13-20(16)25-23(27)14-9-17-7-11-19(12-8-17)31(28,29)26-21-5-3-4-6-22(21)30-2/h3-15,26H,1-2H3,(H,25,27)/b14-9+. The highest BCUT2D eigenvalue weighted by molar-refractivity contribution is 14.1. The van der Waals surface area contributed by atoms with Crippen molar-refractivity contribution in [1.29, 1.82) is 0 Å². The van der Waals surface area contributed by atoms with Crippen LogP contribution in [0.2, 0.25) is 0 Å². The number of halogens is 1. The molecule has 0 saturated carbocycles. The zero-order chi connectivity index (χ0) is 22.4. The van der Waals surface area contributed by atoms with Crippen molar-refractivity contribution in [3.05, 3.63) is 87.5 Å². The summed E-state index contributed by atoms with van der Waals surface area (Å²) >= 11 is 2.22. The number of anilines is 2. The summed E-state index contributed by atoms with van der Waals surface area (Å²) in [5.74, 6) is 0.166. The summed E-state index contributed by atoms with van der Waals surface area (Å²) in [5, 5.41) is 2.83. The molecule has 0 fully saturated rings. The minimum absolute atomic E-state index is 0.106. The third kappa shape index (κ3) is 6.08. The van der Waals surface area contributed by atoms with Gasteiger partial charge < -0.3 is 10.1 Å². The summed E-state index contributed by atoms with van der Waals surface area (Å²) in [5.41, 5.74) is 2.78. The summed E-state index contributed by atoms with van der Waals surface area (Å²) < 4.78 is 34.1. The fourth-order valence-electron chi connectivity index (χ4n) is 2.80. The Morgan fingerprint density at radius 3 is 2.39 bits per heavy atom. The number of carbonyl (C=O) groups excluding carboxylic acids is 1. The molecule has 8 heteroatoms. The average molecular weight is 548 g/mol. The van der Waals surface area contributed by atoms with E-state index in [2.05, 4.69) is 32.6 Å². The number of rotatable bonds is 7. The van der Waals surface area contributed by atoms with Crippen molar-refractivity contribution >= 4 is 56.0 Å². The molecule has 2 N–H and O–H groups in total. The molecule has 0 spiro atoms. The van der Waals surface area contributed by atoms with Crippen molar-refractivity contribution in [1.82, 2.24) is 0 Å². The largest absolute Gasteiger partial charge is 0.495 e. The molecule has 0 radical (unpaired) electrons. The van der Waals surface area contributed by atoms with E-state index in [1.54, 1.807) is 42.5 Å². The van der Waals surface area contributed by atoms with Crippen LogP contribution in [0.15, 0.2) is 77.7 Å². The van der Waals surface area contributed by atoms with Gasteiger partial charge in [-0.1, -0.05) is 24.3 Å². The minimum atomic E-state index is -3.78. The van der Waals surface area contributed by atoms with Gasteiger partial charge in [-0.3, -0.25) is 9.52 Å². The first kappa shape index (κ1) is 22.8. The van der Waals surface area contributed by atoms with Gasteiger partial charge >= 0.3 is 0 Å². The predicted octanol–water partition coefficient (Wildman–Crippen LogP) is 5.06. The van der Waals surface area contributed by atoms with Crippen LogP contribution in [0.1, 0.15) is 11.1 Å². The first-order valence-corrected chi connectivity index (χ1v) is 11.9. The Bertz CT molecular complexity index is 1220. The Balaban J connectivity index is 1.68. The van der Waals surface area contributed by atoms with Crippen molar-refractivity contribution in [3.63, 3.8) is 0 Å². The Morgan fingerprint density at radius 2 is 1.71 bits per heavy atom. The summed E-state index contributed by atoms with van der Waals surface area (Å²) in [6.45, 7) is 1.93. The Hall–Kier alpha value is -2.85. The molecular weight excluding hydrogens is 527 g/mol. The predicted molar refractivity (Wildman–Crippen MR) is 132 cm³/mol. The Kier molecular flexibility index (Phi) is 7.34. The lowest BCUT2D eigenvalue weighted by Gasteiger charge is -2.11. The maximum atomic E-state index is 12.7. The second-order valence-corrected chi connectivity index (χ2v) is 9.58. The summed E-state index contributed by atoms with van der Waals surface area (Å²) in [4.78, 5) is 12.3. The molecule has 0 aliphatic rings. The summed E-state index contributed by atoms with van der Waals surface area (Å²) in [7, 11) is -2.30. The van der Waals surface area contributed by atoms with Crippen LogP contribution in [0, 0.1) is 10.5 Å². The zero-order valence-corrected chi connectivity index (χ0v) is 19.9. The van der Waals surface area contributed by atoms with Crippen LogP contribution in [0.5, 0.6) is 5.75 Å². The lowest BCUT2D eigenvalue weighted by Crippen LogP contribution is -2.13. The lowest BCUT2D eigenvalue weighted by molar-refractivity contribution is -0.111. The van der Waals surface area contributed by atoms with Crippen molar-refractivity contribution in [3.8, 4) is 5.75 Å². The number of methoxy groups -OCH3 is 1. The van der Waals surface area contributed by atoms with Crippen LogP contribution >= 0.6 is 22.6 Å². The Labute approximate surface area is 195 Å². The minimum Gasteiger partial charge on any atom is -0.495 e. The van der Waals surface area contributed by atoms with Crippen molar-refractivity contribution in [2.24, 2.45) is 0 Å². The lowest BCUT2D eigenvalue weighted by atomic mass is 10.2. The van der Waals surface area contributed by atoms with Gasteiger partial charge in [0.1, 0.15) is 5.75 Å². The topological polar surface area (TPSA) is 84.5 Å². The molecule has 31 heavy (non-hydrogen) atoms. The Morgan fingerprint density at radius 1 is 1.00 bits per heavy atom. The second kappa shape index (κ2) is 9.97. The number of ether oxygens (including phenoxy) is 1. The normalized spacial score (nSPS) is 11.3. The summed E-state index contributed by atoms with van der Waals surface area (Å²) in [6, 6.07) is 18.8. The first-order valence-electron chi connectivity index (χ1n) is 9.29. The van der Waals surface area contributed by atoms with Gasteiger partial charge in [0.15, 0.2) is 0 Å². The number of nitrogens with one attached hydrogen (secondary N) is 2. The van der Waals surface area contributed by atoms with Crippen LogP contribution in [-0.4, -0.2) is 21.4 Å². The highest BCUT2D eigenvalue weighted by Gasteiger charge is 2.16. The molecular formula is C23H21IN2O4S. The number of amides is 1. The number of aryl methyl sites for hydroxylation is 1. The van der Waals surface area contributed by atoms with Gasteiger partial charge in [0.05, 0.1) is 17.7 Å². The molecule has 3 aromatic carbocycles. The molecule has 0 heterocycles. The highest BCUT2D eigenvalue weighted by Crippen LogP contribution is 2.26. The van der Waals surface area contributed by atoms with Crippen LogP contribution in [-0.2, 0) is 14.8 Å². The van der Waals surface area contributed by atoms with Crippen LogP contribution in [0.3, 0.4) is 0 Å². The van der Waals surface area contributed by atoms with Crippen molar-refractivity contribution < 1.29 is 17.9 Å². The molecule has 0 aliphatic carbocycles. The van der Waals surface area contributed by atoms with Crippen LogP contribution in [0.4, 0.5) is 11.4 Å². The third-order valence-corrected chi connectivity index (χ3v) is 6.47. The van der Waals surface area contributed by atoms with E-state index in [1.165, 1.54) is 25.3 Å². The SMILES string of the molecule is COc1ccccc1NS(=O)(=O)c1ccc(/C=C/C(=O)Nc2ccc(I)cc2C)cc1. The average Bonchev–Trinajstić information content (AvgIpc) is 2.75. The molecule has 0 bridgehead atoms. The molecule has 160 valence electrons. The number of para-hydroxylation sites is 2. The molecule has 0 aliphatic heterocycles. The van der Waals surface area contributed by atoms with E-state index in [0.29, 0.717) is 17.0 Å². The molecule has 1 amide bonds. The number of benzene rings is 3. The van der Waals surface area contributed by atoms with Gasteiger partial charge in [-0.05, 0) is 89.2 Å². The number of carbonyl (C=O) groups is 1. The van der Waals surface area contributed by atoms with Crippen LogP contribution < -0.4 is 14.8 Å². The molecule has 0 unspecified atom stereocenters. The number of hydrogen-bond donors (Lipinski definition) is 2. The quantitative estimate of drug-likeness (QED) is 0.320. The van der Waals surface area contributed by atoms with Crippen molar-refractivity contribution in [2.75, 3.05) is 17.1 Å². The van der Waals surface area contributed by atoms with Gasteiger partial charge in [-0.25, -0.2) is 8.42 Å². The van der Waals surface area contributed by atoms with E-state index in [0.717, 1.165) is 14.8 Å². The summed E-state index contributed by atoms with van der Waals surface area (Å²) in [6.07, 6.45) is 3.04.